The van der Waals surface area contributed by atoms with Gasteiger partial charge in [0.1, 0.15) is 11.6 Å². The van der Waals surface area contributed by atoms with Crippen molar-refractivity contribution in [3.05, 3.63) is 117 Å². The van der Waals surface area contributed by atoms with E-state index in [1.54, 1.807) is 6.92 Å². The first-order chi connectivity index (χ1) is 19.3. The second-order valence-corrected chi connectivity index (χ2v) is 10.8. The molecule has 0 spiro atoms. The van der Waals surface area contributed by atoms with Crippen molar-refractivity contribution in [1.82, 2.24) is 0 Å². The van der Waals surface area contributed by atoms with Crippen molar-refractivity contribution in [2.24, 2.45) is 0 Å². The van der Waals surface area contributed by atoms with Crippen molar-refractivity contribution < 1.29 is 4.74 Å². The van der Waals surface area contributed by atoms with Gasteiger partial charge in [-0.2, -0.15) is 10.5 Å². The molecule has 1 aliphatic carbocycles. The average molecular weight is 530 g/mol. The van der Waals surface area contributed by atoms with Gasteiger partial charge in [0, 0.05) is 24.9 Å². The van der Waals surface area contributed by atoms with E-state index in [2.05, 4.69) is 111 Å². The maximum atomic E-state index is 10.2. The van der Waals surface area contributed by atoms with Gasteiger partial charge in [0.05, 0.1) is 11.6 Å². The summed E-state index contributed by atoms with van der Waals surface area (Å²) < 4.78 is 6.47. The zero-order chi connectivity index (χ0) is 28.7. The molecule has 0 bridgehead atoms. The van der Waals surface area contributed by atoms with E-state index in [0.29, 0.717) is 16.9 Å². The molecule has 40 heavy (non-hydrogen) atoms. The number of nitrogens with zero attached hydrogens (tertiary/aromatic N) is 3. The monoisotopic (exact) mass is 529 g/mol. The van der Waals surface area contributed by atoms with Crippen LogP contribution in [0.4, 0.5) is 5.69 Å². The number of rotatable bonds is 8. The molecule has 2 aromatic carbocycles. The number of benzene rings is 2. The van der Waals surface area contributed by atoms with Crippen molar-refractivity contribution in [1.29, 1.82) is 10.5 Å². The minimum absolute atomic E-state index is 0.381. The highest BCUT2D eigenvalue weighted by Crippen LogP contribution is 2.47. The molecule has 0 saturated heterocycles. The second kappa shape index (κ2) is 12.7. The Morgan fingerprint density at radius 1 is 1.02 bits per heavy atom. The van der Waals surface area contributed by atoms with Crippen LogP contribution in [0.2, 0.25) is 0 Å². The number of nitriles is 2. The molecule has 0 radical (unpaired) electrons. The van der Waals surface area contributed by atoms with E-state index in [4.69, 9.17) is 4.74 Å². The van der Waals surface area contributed by atoms with Crippen LogP contribution in [-0.4, -0.2) is 13.6 Å². The van der Waals surface area contributed by atoms with E-state index in [9.17, 15) is 10.5 Å². The molecular weight excluding hydrogens is 490 g/mol. The van der Waals surface area contributed by atoms with E-state index in [1.807, 2.05) is 6.92 Å². The van der Waals surface area contributed by atoms with E-state index < -0.39 is 5.60 Å². The first-order valence-electron chi connectivity index (χ1n) is 14.3. The van der Waals surface area contributed by atoms with Gasteiger partial charge in [-0.25, -0.2) is 0 Å². The summed E-state index contributed by atoms with van der Waals surface area (Å²) in [5, 5.41) is 19.8. The maximum absolute atomic E-state index is 10.2. The van der Waals surface area contributed by atoms with Crippen LogP contribution in [0.5, 0.6) is 0 Å². The molecule has 0 aromatic heterocycles. The molecule has 0 amide bonds. The molecule has 204 valence electrons. The Kier molecular flexibility index (Phi) is 9.13. The Bertz CT molecular complexity index is 1470. The van der Waals surface area contributed by atoms with Crippen molar-refractivity contribution >= 4 is 11.8 Å². The van der Waals surface area contributed by atoms with Crippen LogP contribution < -0.4 is 4.90 Å². The molecule has 0 N–H and O–H groups in total. The third kappa shape index (κ3) is 6.13. The number of anilines is 1. The minimum Gasteiger partial charge on any atom is -0.476 e. The fourth-order valence-corrected chi connectivity index (χ4v) is 5.40. The van der Waals surface area contributed by atoms with Crippen LogP contribution in [0.15, 0.2) is 100 Å². The Morgan fingerprint density at radius 3 is 2.38 bits per heavy atom. The van der Waals surface area contributed by atoms with Crippen LogP contribution in [0.25, 0.3) is 6.08 Å². The molecule has 0 saturated carbocycles. The summed E-state index contributed by atoms with van der Waals surface area (Å²) in [5.41, 5.74) is 7.86. The van der Waals surface area contributed by atoms with Gasteiger partial charge >= 0.3 is 0 Å². The molecule has 1 atom stereocenters. The number of allylic oxidation sites excluding steroid dienone is 6. The SMILES string of the molecule is CCCN(C)c1ccc(/C=C/C2=CC(=C/C3=C(C#N)C(=C(\C)C#N)/OC3(C)c3ccc(CC)cc3)/CCC2)cc1. The zero-order valence-corrected chi connectivity index (χ0v) is 24.4. The summed E-state index contributed by atoms with van der Waals surface area (Å²) in [6.07, 6.45) is 13.8. The molecule has 1 unspecified atom stereocenters. The zero-order valence-electron chi connectivity index (χ0n) is 24.4. The number of hydrogen-bond acceptors (Lipinski definition) is 4. The third-order valence-corrected chi connectivity index (χ3v) is 7.86. The first-order valence-corrected chi connectivity index (χ1v) is 14.3. The van der Waals surface area contributed by atoms with Crippen molar-refractivity contribution in [3.63, 3.8) is 0 Å². The summed E-state index contributed by atoms with van der Waals surface area (Å²) >= 11 is 0. The van der Waals surface area contributed by atoms with Crippen LogP contribution in [-0.2, 0) is 16.8 Å². The Morgan fingerprint density at radius 2 is 1.75 bits per heavy atom. The van der Waals surface area contributed by atoms with Crippen molar-refractivity contribution in [2.45, 2.75) is 65.4 Å². The van der Waals surface area contributed by atoms with E-state index in [1.165, 1.54) is 28.0 Å². The maximum Gasteiger partial charge on any atom is 0.158 e. The molecule has 1 heterocycles. The highest BCUT2D eigenvalue weighted by Gasteiger charge is 2.43. The average Bonchev–Trinajstić information content (AvgIpc) is 3.28. The normalized spacial score (nSPS) is 21.2. The van der Waals surface area contributed by atoms with Gasteiger partial charge in [-0.15, -0.1) is 0 Å². The summed E-state index contributed by atoms with van der Waals surface area (Å²) in [5.74, 6) is 0.381. The summed E-state index contributed by atoms with van der Waals surface area (Å²) in [4.78, 5) is 2.27. The van der Waals surface area contributed by atoms with E-state index in [0.717, 1.165) is 49.8 Å². The van der Waals surface area contributed by atoms with Gasteiger partial charge in [-0.05, 0) is 92.0 Å². The highest BCUT2D eigenvalue weighted by atomic mass is 16.5. The fourth-order valence-electron chi connectivity index (χ4n) is 5.40. The lowest BCUT2D eigenvalue weighted by molar-refractivity contribution is 0.0749. The fraction of sp³-hybridized carbons (Fsp3) is 0.333. The predicted octanol–water partition coefficient (Wildman–Crippen LogP) is 8.71. The van der Waals surface area contributed by atoms with Crippen molar-refractivity contribution in [2.75, 3.05) is 18.5 Å². The van der Waals surface area contributed by atoms with Gasteiger partial charge in [0.25, 0.3) is 0 Å². The standard InChI is InChI=1S/C36H39N3O/c1-6-21-39(5)32-19-15-28(16-20-32)11-12-29-9-8-10-30(22-29)23-34-33(25-38)35(26(3)24-37)40-36(34,4)31-17-13-27(7-2)14-18-31/h11-20,22-23H,6-10,21H2,1-5H3/b12-11+,30-23+,35-26-. The number of hydrogen-bond donors (Lipinski definition) is 0. The lowest BCUT2D eigenvalue weighted by atomic mass is 9.83. The number of aryl methyl sites for hydroxylation is 1. The first kappa shape index (κ1) is 28.7. The van der Waals surface area contributed by atoms with Gasteiger partial charge in [-0.3, -0.25) is 0 Å². The molecular formula is C36H39N3O. The molecule has 2 aromatic rings. The Balaban J connectivity index is 1.68. The Hall–Kier alpha value is -4.28. The molecule has 4 heteroatoms. The predicted molar refractivity (Wildman–Crippen MR) is 164 cm³/mol. The largest absolute Gasteiger partial charge is 0.476 e. The number of ether oxygens (including phenoxy) is 1. The molecule has 1 aliphatic heterocycles. The van der Waals surface area contributed by atoms with E-state index >= 15 is 0 Å². The van der Waals surface area contributed by atoms with E-state index in [-0.39, 0.29) is 0 Å². The highest BCUT2D eigenvalue weighted by molar-refractivity contribution is 5.62. The van der Waals surface area contributed by atoms with Crippen LogP contribution >= 0.6 is 0 Å². The summed E-state index contributed by atoms with van der Waals surface area (Å²) in [6.45, 7) is 9.08. The minimum atomic E-state index is -0.855. The lowest BCUT2D eigenvalue weighted by Crippen LogP contribution is -2.23. The molecule has 0 fully saturated rings. The lowest BCUT2D eigenvalue weighted by Gasteiger charge is -2.28. The third-order valence-electron chi connectivity index (χ3n) is 7.86. The topological polar surface area (TPSA) is 60.0 Å². The van der Waals surface area contributed by atoms with Gasteiger partial charge in [0.2, 0.25) is 0 Å². The molecule has 4 nitrogen and oxygen atoms in total. The van der Waals surface area contributed by atoms with Crippen LogP contribution in [0.3, 0.4) is 0 Å². The summed E-state index contributed by atoms with van der Waals surface area (Å²) in [6, 6.07) is 21.6. The quantitative estimate of drug-likeness (QED) is 0.321. The smallest absolute Gasteiger partial charge is 0.158 e. The van der Waals surface area contributed by atoms with Gasteiger partial charge < -0.3 is 9.64 Å². The molecule has 2 aliphatic rings. The Labute approximate surface area is 239 Å². The van der Waals surface area contributed by atoms with Gasteiger partial charge in [0.15, 0.2) is 11.4 Å². The molecule has 4 rings (SSSR count). The second-order valence-electron chi connectivity index (χ2n) is 10.8. The van der Waals surface area contributed by atoms with Crippen molar-refractivity contribution in [3.8, 4) is 12.1 Å². The summed E-state index contributed by atoms with van der Waals surface area (Å²) in [7, 11) is 2.13. The van der Waals surface area contributed by atoms with Gasteiger partial charge in [-0.1, -0.05) is 68.5 Å². The van der Waals surface area contributed by atoms with Crippen LogP contribution in [0, 0.1) is 22.7 Å². The van der Waals surface area contributed by atoms with Crippen LogP contribution in [0.1, 0.15) is 70.1 Å².